The molecule has 1 saturated carbocycles. The van der Waals surface area contributed by atoms with Gasteiger partial charge in [0.1, 0.15) is 0 Å². The lowest BCUT2D eigenvalue weighted by Crippen LogP contribution is -2.43. The third-order valence-corrected chi connectivity index (χ3v) is 5.69. The summed E-state index contributed by atoms with van der Waals surface area (Å²) < 4.78 is 0. The van der Waals surface area contributed by atoms with E-state index in [2.05, 4.69) is 17.0 Å². The van der Waals surface area contributed by atoms with Gasteiger partial charge in [-0.3, -0.25) is 4.90 Å². The molecule has 2 nitrogen and oxygen atoms in total. The zero-order valence-electron chi connectivity index (χ0n) is 12.2. The molecule has 2 aliphatic rings. The van der Waals surface area contributed by atoms with Crippen molar-refractivity contribution < 1.29 is 0 Å². The molecule has 1 aliphatic heterocycles. The topological polar surface area (TPSA) is 29.3 Å². The summed E-state index contributed by atoms with van der Waals surface area (Å²) in [6.45, 7) is 3.09. The predicted molar refractivity (Wildman–Crippen MR) is 85.0 cm³/mol. The van der Waals surface area contributed by atoms with Crippen molar-refractivity contribution in [2.24, 2.45) is 11.1 Å². The molecule has 20 heavy (non-hydrogen) atoms. The fraction of sp³-hybridized carbons (Fsp3) is 0.647. The first-order valence-electron chi connectivity index (χ1n) is 7.92. The maximum absolute atomic E-state index is 6.04. The Morgan fingerprint density at radius 1 is 1.05 bits per heavy atom. The number of benzene rings is 1. The highest BCUT2D eigenvalue weighted by atomic mass is 35.5. The van der Waals surface area contributed by atoms with Crippen molar-refractivity contribution in [1.29, 1.82) is 0 Å². The number of hydrogen-bond donors (Lipinski definition) is 1. The first-order valence-corrected chi connectivity index (χ1v) is 8.30. The summed E-state index contributed by atoms with van der Waals surface area (Å²) >= 11 is 5.98. The van der Waals surface area contributed by atoms with Gasteiger partial charge < -0.3 is 5.73 Å². The average molecular weight is 293 g/mol. The molecule has 0 amide bonds. The minimum atomic E-state index is 0.353. The van der Waals surface area contributed by atoms with Crippen LogP contribution in [0.15, 0.2) is 24.3 Å². The van der Waals surface area contributed by atoms with Crippen molar-refractivity contribution in [1.82, 2.24) is 4.90 Å². The third-order valence-electron chi connectivity index (χ3n) is 5.44. The number of nitrogens with zero attached hydrogens (tertiary/aromatic N) is 1. The molecule has 2 fully saturated rings. The van der Waals surface area contributed by atoms with Crippen LogP contribution in [0.5, 0.6) is 0 Å². The second kappa shape index (κ2) is 6.05. The highest BCUT2D eigenvalue weighted by Crippen LogP contribution is 2.47. The van der Waals surface area contributed by atoms with Crippen molar-refractivity contribution in [3.05, 3.63) is 34.9 Å². The summed E-state index contributed by atoms with van der Waals surface area (Å²) in [6, 6.07) is 8.55. The molecule has 1 aliphatic carbocycles. The lowest BCUT2D eigenvalue weighted by atomic mass is 9.76. The quantitative estimate of drug-likeness (QED) is 0.912. The molecule has 1 unspecified atom stereocenters. The van der Waals surface area contributed by atoms with Gasteiger partial charge in [0.25, 0.3) is 0 Å². The molecule has 1 aromatic rings. The number of rotatable bonds is 3. The lowest BCUT2D eigenvalue weighted by Gasteiger charge is -2.42. The van der Waals surface area contributed by atoms with Gasteiger partial charge in [-0.25, -0.2) is 0 Å². The van der Waals surface area contributed by atoms with Crippen molar-refractivity contribution in [2.75, 3.05) is 19.6 Å². The number of likely N-dealkylation sites (tertiary alicyclic amines) is 1. The van der Waals surface area contributed by atoms with Crippen LogP contribution in [0.1, 0.15) is 50.1 Å². The van der Waals surface area contributed by atoms with E-state index in [-0.39, 0.29) is 0 Å². The molecule has 3 rings (SSSR count). The van der Waals surface area contributed by atoms with E-state index in [4.69, 9.17) is 17.3 Å². The molecule has 0 aromatic heterocycles. The molecule has 1 atom stereocenters. The molecule has 110 valence electrons. The van der Waals surface area contributed by atoms with Gasteiger partial charge in [-0.05, 0) is 61.9 Å². The first kappa shape index (κ1) is 14.4. The van der Waals surface area contributed by atoms with Gasteiger partial charge in [-0.1, -0.05) is 36.6 Å². The van der Waals surface area contributed by atoms with E-state index in [1.165, 1.54) is 57.2 Å². The maximum atomic E-state index is 6.04. The Balaban J connectivity index is 1.67. The molecule has 1 heterocycles. The van der Waals surface area contributed by atoms with E-state index in [1.807, 2.05) is 12.1 Å². The summed E-state index contributed by atoms with van der Waals surface area (Å²) in [7, 11) is 0. The molecule has 0 bridgehead atoms. The highest BCUT2D eigenvalue weighted by Gasteiger charge is 2.38. The van der Waals surface area contributed by atoms with Crippen LogP contribution in [-0.4, -0.2) is 24.5 Å². The Morgan fingerprint density at radius 3 is 2.20 bits per heavy atom. The Hall–Kier alpha value is -0.570. The van der Waals surface area contributed by atoms with Crippen LogP contribution >= 0.6 is 11.6 Å². The van der Waals surface area contributed by atoms with Crippen molar-refractivity contribution in [2.45, 2.75) is 44.6 Å². The van der Waals surface area contributed by atoms with E-state index >= 15 is 0 Å². The third kappa shape index (κ3) is 2.88. The Kier molecular flexibility index (Phi) is 4.34. The summed E-state index contributed by atoms with van der Waals surface area (Å²) in [5, 5.41) is 0.799. The van der Waals surface area contributed by atoms with Crippen LogP contribution in [0.3, 0.4) is 0 Å². The van der Waals surface area contributed by atoms with Crippen LogP contribution in [0, 0.1) is 5.41 Å². The van der Waals surface area contributed by atoms with Gasteiger partial charge in [0.2, 0.25) is 0 Å². The fourth-order valence-electron chi connectivity index (χ4n) is 4.12. The van der Waals surface area contributed by atoms with Crippen molar-refractivity contribution >= 4 is 11.6 Å². The van der Waals surface area contributed by atoms with Crippen LogP contribution in [0.25, 0.3) is 0 Å². The summed E-state index contributed by atoms with van der Waals surface area (Å²) in [4.78, 5) is 2.58. The molecule has 2 N–H and O–H groups in total. The second-order valence-corrected chi connectivity index (χ2v) is 6.98. The van der Waals surface area contributed by atoms with Crippen LogP contribution in [-0.2, 0) is 0 Å². The number of piperidine rings is 1. The van der Waals surface area contributed by atoms with Crippen molar-refractivity contribution in [3.63, 3.8) is 0 Å². The largest absolute Gasteiger partial charge is 0.329 e. The molecular formula is C17H25ClN2. The number of nitrogens with two attached hydrogens (primary N) is 1. The van der Waals surface area contributed by atoms with Crippen LogP contribution in [0.4, 0.5) is 0 Å². The minimum absolute atomic E-state index is 0.353. The van der Waals surface area contributed by atoms with E-state index in [1.54, 1.807) is 0 Å². The summed E-state index contributed by atoms with van der Waals surface area (Å²) in [6.07, 6.45) is 8.51. The molecular weight excluding hydrogens is 268 g/mol. The summed E-state index contributed by atoms with van der Waals surface area (Å²) in [5.41, 5.74) is 8.03. The van der Waals surface area contributed by atoms with E-state index in [9.17, 15) is 0 Å². The van der Waals surface area contributed by atoms with E-state index in [0.29, 0.717) is 18.0 Å². The number of halogens is 1. The van der Waals surface area contributed by atoms with Gasteiger partial charge in [0, 0.05) is 17.6 Å². The first-order chi connectivity index (χ1) is 9.72. The van der Waals surface area contributed by atoms with Crippen LogP contribution < -0.4 is 5.73 Å². The molecule has 0 radical (unpaired) electrons. The zero-order chi connectivity index (χ0) is 14.0. The molecule has 1 saturated heterocycles. The Bertz CT molecular complexity index is 427. The van der Waals surface area contributed by atoms with Gasteiger partial charge in [0.05, 0.1) is 0 Å². The van der Waals surface area contributed by atoms with Crippen LogP contribution in [0.2, 0.25) is 5.02 Å². The lowest BCUT2D eigenvalue weighted by molar-refractivity contribution is 0.0780. The highest BCUT2D eigenvalue weighted by molar-refractivity contribution is 6.30. The van der Waals surface area contributed by atoms with Gasteiger partial charge >= 0.3 is 0 Å². The zero-order valence-corrected chi connectivity index (χ0v) is 12.9. The minimum Gasteiger partial charge on any atom is -0.329 e. The number of hydrogen-bond acceptors (Lipinski definition) is 2. The summed E-state index contributed by atoms with van der Waals surface area (Å²) in [5.74, 6) is 0. The standard InChI is InChI=1S/C17H25ClN2/c18-15-5-3-14(4-6-15)16(13-19)20-11-9-17(10-12-20)7-1-2-8-17/h3-6,16H,1-2,7-13,19H2. The normalized spacial score (nSPS) is 24.1. The van der Waals surface area contributed by atoms with Crippen molar-refractivity contribution in [3.8, 4) is 0 Å². The smallest absolute Gasteiger partial charge is 0.0470 e. The second-order valence-electron chi connectivity index (χ2n) is 6.55. The van der Waals surface area contributed by atoms with E-state index in [0.717, 1.165) is 5.02 Å². The fourth-order valence-corrected chi connectivity index (χ4v) is 4.24. The Morgan fingerprint density at radius 2 is 1.65 bits per heavy atom. The van der Waals surface area contributed by atoms with E-state index < -0.39 is 0 Å². The SMILES string of the molecule is NCC(c1ccc(Cl)cc1)N1CCC2(CCCC2)CC1. The predicted octanol–water partition coefficient (Wildman–Crippen LogP) is 4.00. The van der Waals surface area contributed by atoms with Gasteiger partial charge in [0.15, 0.2) is 0 Å². The average Bonchev–Trinajstić information content (AvgIpc) is 2.92. The maximum Gasteiger partial charge on any atom is 0.0470 e. The molecule has 1 spiro atoms. The van der Waals surface area contributed by atoms with Gasteiger partial charge in [-0.15, -0.1) is 0 Å². The molecule has 3 heteroatoms. The monoisotopic (exact) mass is 292 g/mol. The van der Waals surface area contributed by atoms with Gasteiger partial charge in [-0.2, -0.15) is 0 Å². The molecule has 1 aromatic carbocycles. The Labute approximate surface area is 127 Å².